The fourth-order valence-electron chi connectivity index (χ4n) is 2.47. The summed E-state index contributed by atoms with van der Waals surface area (Å²) in [5.74, 6) is 0. The fraction of sp³-hybridized carbons (Fsp3) is 0.190. The highest BCUT2D eigenvalue weighted by atomic mass is 14.9. The van der Waals surface area contributed by atoms with Crippen molar-refractivity contribution in [2.45, 2.75) is 26.3 Å². The van der Waals surface area contributed by atoms with E-state index in [4.69, 9.17) is 0 Å². The fourth-order valence-corrected chi connectivity index (χ4v) is 2.47. The third-order valence-electron chi connectivity index (χ3n) is 3.61. The highest BCUT2D eigenvalue weighted by molar-refractivity contribution is 5.97. The van der Waals surface area contributed by atoms with Gasteiger partial charge in [-0.1, -0.05) is 54.6 Å². The second-order valence-corrected chi connectivity index (χ2v) is 6.67. The number of benzene rings is 3. The van der Waals surface area contributed by atoms with E-state index in [-0.39, 0.29) is 5.54 Å². The topological polar surface area (TPSA) is 24.4 Å². The minimum atomic E-state index is -0.0768. The van der Waals surface area contributed by atoms with Crippen LogP contribution in [-0.2, 0) is 0 Å². The van der Waals surface area contributed by atoms with Gasteiger partial charge in [0.2, 0.25) is 0 Å². The van der Waals surface area contributed by atoms with Gasteiger partial charge in [-0.3, -0.25) is 4.99 Å². The van der Waals surface area contributed by atoms with Crippen LogP contribution in [0.4, 0.5) is 11.4 Å². The van der Waals surface area contributed by atoms with Crippen molar-refractivity contribution < 1.29 is 0 Å². The summed E-state index contributed by atoms with van der Waals surface area (Å²) in [6.07, 6.45) is 1.95. The quantitative estimate of drug-likeness (QED) is 0.607. The molecule has 2 heteroatoms. The van der Waals surface area contributed by atoms with Crippen LogP contribution in [0.3, 0.4) is 0 Å². The summed E-state index contributed by atoms with van der Waals surface area (Å²) < 4.78 is 0. The summed E-state index contributed by atoms with van der Waals surface area (Å²) in [5, 5.41) is 6.02. The van der Waals surface area contributed by atoms with Crippen LogP contribution in [0.25, 0.3) is 10.8 Å². The van der Waals surface area contributed by atoms with Gasteiger partial charge in [-0.15, -0.1) is 0 Å². The summed E-state index contributed by atoms with van der Waals surface area (Å²) in [6, 6.07) is 23.0. The highest BCUT2D eigenvalue weighted by Gasteiger charge is 2.07. The Morgan fingerprint density at radius 2 is 1.43 bits per heavy atom. The molecule has 0 aliphatic carbocycles. The second kappa shape index (κ2) is 6.25. The SMILES string of the molecule is CC(C)(C)N=Cc1ccccc1Nc1cccc2ccccc12. The van der Waals surface area contributed by atoms with Crippen LogP contribution in [-0.4, -0.2) is 11.8 Å². The van der Waals surface area contributed by atoms with Gasteiger partial charge in [-0.05, 0) is 38.3 Å². The van der Waals surface area contributed by atoms with Gasteiger partial charge in [-0.2, -0.15) is 0 Å². The first kappa shape index (κ1) is 15.3. The van der Waals surface area contributed by atoms with Crippen molar-refractivity contribution in [3.8, 4) is 0 Å². The molecule has 0 radical (unpaired) electrons. The molecule has 0 heterocycles. The smallest absolute Gasteiger partial charge is 0.0524 e. The average Bonchev–Trinajstić information content (AvgIpc) is 2.54. The van der Waals surface area contributed by atoms with E-state index in [1.807, 2.05) is 18.3 Å². The molecule has 23 heavy (non-hydrogen) atoms. The first-order chi connectivity index (χ1) is 11.0. The van der Waals surface area contributed by atoms with Gasteiger partial charge in [0.1, 0.15) is 0 Å². The van der Waals surface area contributed by atoms with E-state index in [9.17, 15) is 0 Å². The van der Waals surface area contributed by atoms with Crippen molar-refractivity contribution >= 4 is 28.4 Å². The molecule has 0 saturated carbocycles. The lowest BCUT2D eigenvalue weighted by atomic mass is 10.1. The molecule has 0 aliphatic rings. The van der Waals surface area contributed by atoms with Gasteiger partial charge in [0.15, 0.2) is 0 Å². The number of aliphatic imine (C=N–C) groups is 1. The third kappa shape index (κ3) is 3.78. The maximum absolute atomic E-state index is 4.63. The Kier molecular flexibility index (Phi) is 4.16. The van der Waals surface area contributed by atoms with Crippen LogP contribution in [0.2, 0.25) is 0 Å². The Morgan fingerprint density at radius 1 is 0.783 bits per heavy atom. The lowest BCUT2D eigenvalue weighted by Crippen LogP contribution is -2.10. The number of nitrogens with one attached hydrogen (secondary N) is 1. The largest absolute Gasteiger partial charge is 0.354 e. The number of hydrogen-bond donors (Lipinski definition) is 1. The molecule has 0 spiro atoms. The number of para-hydroxylation sites is 1. The molecule has 116 valence electrons. The van der Waals surface area contributed by atoms with E-state index in [1.165, 1.54) is 10.8 Å². The molecule has 0 atom stereocenters. The molecule has 0 aromatic heterocycles. The molecule has 1 N–H and O–H groups in total. The Labute approximate surface area is 137 Å². The molecular weight excluding hydrogens is 280 g/mol. The summed E-state index contributed by atoms with van der Waals surface area (Å²) in [6.45, 7) is 6.30. The standard InChI is InChI=1S/C21H22N2/c1-21(2,3)22-15-17-10-5-7-13-19(17)23-20-14-8-11-16-9-4-6-12-18(16)20/h4-15,23H,1-3H3. The number of fused-ring (bicyclic) bond motifs is 1. The summed E-state index contributed by atoms with van der Waals surface area (Å²) in [4.78, 5) is 4.63. The minimum Gasteiger partial charge on any atom is -0.354 e. The maximum Gasteiger partial charge on any atom is 0.0524 e. The third-order valence-corrected chi connectivity index (χ3v) is 3.61. The van der Waals surface area contributed by atoms with E-state index >= 15 is 0 Å². The number of rotatable bonds is 3. The maximum atomic E-state index is 4.63. The van der Waals surface area contributed by atoms with Gasteiger partial charge >= 0.3 is 0 Å². The van der Waals surface area contributed by atoms with Gasteiger partial charge in [0.25, 0.3) is 0 Å². The molecule has 0 aliphatic heterocycles. The molecule has 0 saturated heterocycles. The molecule has 0 fully saturated rings. The molecule has 3 aromatic carbocycles. The van der Waals surface area contributed by atoms with E-state index in [1.54, 1.807) is 0 Å². The zero-order valence-electron chi connectivity index (χ0n) is 13.9. The van der Waals surface area contributed by atoms with E-state index < -0.39 is 0 Å². The van der Waals surface area contributed by atoms with Crippen molar-refractivity contribution in [2.24, 2.45) is 4.99 Å². The molecule has 0 bridgehead atoms. The lowest BCUT2D eigenvalue weighted by molar-refractivity contribution is 0.587. The Hall–Kier alpha value is -2.61. The van der Waals surface area contributed by atoms with Crippen LogP contribution in [0.1, 0.15) is 26.3 Å². The number of nitrogens with zero attached hydrogens (tertiary/aromatic N) is 1. The molecule has 2 nitrogen and oxygen atoms in total. The van der Waals surface area contributed by atoms with Crippen molar-refractivity contribution in [3.63, 3.8) is 0 Å². The minimum absolute atomic E-state index is 0.0768. The molecule has 0 unspecified atom stereocenters. The van der Waals surface area contributed by atoms with Gasteiger partial charge in [0, 0.05) is 28.5 Å². The molecule has 0 amide bonds. The van der Waals surface area contributed by atoms with Gasteiger partial charge in [0.05, 0.1) is 5.54 Å². The predicted octanol–water partition coefficient (Wildman–Crippen LogP) is 5.80. The lowest BCUT2D eigenvalue weighted by Gasteiger charge is -2.14. The number of hydrogen-bond acceptors (Lipinski definition) is 2. The average molecular weight is 302 g/mol. The summed E-state index contributed by atoms with van der Waals surface area (Å²) >= 11 is 0. The second-order valence-electron chi connectivity index (χ2n) is 6.67. The first-order valence-corrected chi connectivity index (χ1v) is 7.92. The first-order valence-electron chi connectivity index (χ1n) is 7.92. The van der Waals surface area contributed by atoms with Crippen LogP contribution in [0, 0.1) is 0 Å². The van der Waals surface area contributed by atoms with Crippen molar-refractivity contribution in [3.05, 3.63) is 72.3 Å². The Balaban J connectivity index is 1.98. The zero-order valence-corrected chi connectivity index (χ0v) is 13.9. The van der Waals surface area contributed by atoms with Crippen molar-refractivity contribution in [1.82, 2.24) is 0 Å². The predicted molar refractivity (Wildman–Crippen MR) is 101 cm³/mol. The normalized spacial score (nSPS) is 12.0. The van der Waals surface area contributed by atoms with Crippen molar-refractivity contribution in [2.75, 3.05) is 5.32 Å². The monoisotopic (exact) mass is 302 g/mol. The van der Waals surface area contributed by atoms with Gasteiger partial charge < -0.3 is 5.32 Å². The van der Waals surface area contributed by atoms with E-state index in [2.05, 4.69) is 85.7 Å². The van der Waals surface area contributed by atoms with E-state index in [0.717, 1.165) is 16.9 Å². The number of anilines is 2. The van der Waals surface area contributed by atoms with E-state index in [0.29, 0.717) is 0 Å². The highest BCUT2D eigenvalue weighted by Crippen LogP contribution is 2.27. The molecule has 3 rings (SSSR count). The zero-order chi connectivity index (χ0) is 16.3. The summed E-state index contributed by atoms with van der Waals surface area (Å²) in [5.41, 5.74) is 3.19. The molecule has 3 aromatic rings. The van der Waals surface area contributed by atoms with Crippen LogP contribution in [0.15, 0.2) is 71.7 Å². The van der Waals surface area contributed by atoms with Crippen LogP contribution in [0.5, 0.6) is 0 Å². The van der Waals surface area contributed by atoms with Crippen molar-refractivity contribution in [1.29, 1.82) is 0 Å². The summed E-state index contributed by atoms with van der Waals surface area (Å²) in [7, 11) is 0. The van der Waals surface area contributed by atoms with Gasteiger partial charge in [-0.25, -0.2) is 0 Å². The van der Waals surface area contributed by atoms with Crippen LogP contribution < -0.4 is 5.32 Å². The Bertz CT molecular complexity index is 836. The Morgan fingerprint density at radius 3 is 2.26 bits per heavy atom. The molecular formula is C21H22N2. The van der Waals surface area contributed by atoms with Crippen LogP contribution >= 0.6 is 0 Å².